The van der Waals surface area contributed by atoms with Crippen LogP contribution < -0.4 is 10.1 Å². The van der Waals surface area contributed by atoms with Crippen LogP contribution in [0.2, 0.25) is 0 Å². The van der Waals surface area contributed by atoms with Crippen molar-refractivity contribution in [3.8, 4) is 5.88 Å². The monoisotopic (exact) mass is 354 g/mol. The summed E-state index contributed by atoms with van der Waals surface area (Å²) in [4.78, 5) is 16.6. The number of sulfone groups is 1. The average molecular weight is 354 g/mol. The molecule has 1 N–H and O–H groups in total. The molecule has 2 aliphatic rings. The van der Waals surface area contributed by atoms with Crippen molar-refractivity contribution in [2.45, 2.75) is 31.4 Å². The zero-order valence-electron chi connectivity index (χ0n) is 13.4. The number of amides is 1. The van der Waals surface area contributed by atoms with Gasteiger partial charge in [-0.3, -0.25) is 4.79 Å². The first-order valence-corrected chi connectivity index (χ1v) is 10.0. The first-order chi connectivity index (χ1) is 11.5. The highest BCUT2D eigenvalue weighted by molar-refractivity contribution is 7.91. The Morgan fingerprint density at radius 1 is 1.25 bits per heavy atom. The van der Waals surface area contributed by atoms with Gasteiger partial charge in [-0.25, -0.2) is 13.4 Å². The molecule has 0 aromatic carbocycles. The summed E-state index contributed by atoms with van der Waals surface area (Å²) in [6, 6.07) is 5.24. The molecule has 7 nitrogen and oxygen atoms in total. The van der Waals surface area contributed by atoms with Crippen LogP contribution in [0.4, 0.5) is 0 Å². The average Bonchev–Trinajstić information content (AvgIpc) is 2.57. The molecule has 132 valence electrons. The first-order valence-electron chi connectivity index (χ1n) is 8.20. The number of pyridine rings is 1. The Kier molecular flexibility index (Phi) is 5.35. The molecule has 24 heavy (non-hydrogen) atoms. The summed E-state index contributed by atoms with van der Waals surface area (Å²) < 4.78 is 34.3. The third-order valence-electron chi connectivity index (χ3n) is 4.47. The number of hydrogen-bond acceptors (Lipinski definition) is 6. The van der Waals surface area contributed by atoms with Crippen LogP contribution in [0.15, 0.2) is 24.4 Å². The van der Waals surface area contributed by atoms with Crippen molar-refractivity contribution in [3.63, 3.8) is 0 Å². The second kappa shape index (κ2) is 7.48. The van der Waals surface area contributed by atoms with Gasteiger partial charge in [0.2, 0.25) is 11.8 Å². The fourth-order valence-corrected chi connectivity index (χ4v) is 4.51. The highest BCUT2D eigenvalue weighted by atomic mass is 32.2. The molecule has 0 unspecified atom stereocenters. The second-order valence-electron chi connectivity index (χ2n) is 6.23. The maximum atomic E-state index is 12.5. The van der Waals surface area contributed by atoms with Gasteiger partial charge in [0.15, 0.2) is 0 Å². The molecule has 2 atom stereocenters. The van der Waals surface area contributed by atoms with E-state index in [1.165, 1.54) is 0 Å². The van der Waals surface area contributed by atoms with Gasteiger partial charge in [-0.15, -0.1) is 0 Å². The zero-order valence-corrected chi connectivity index (χ0v) is 14.2. The van der Waals surface area contributed by atoms with Crippen molar-refractivity contribution < 1.29 is 22.7 Å². The second-order valence-corrected chi connectivity index (χ2v) is 8.53. The van der Waals surface area contributed by atoms with Gasteiger partial charge in [0.25, 0.3) is 0 Å². The maximum absolute atomic E-state index is 12.5. The molecule has 2 fully saturated rings. The van der Waals surface area contributed by atoms with Gasteiger partial charge in [-0.1, -0.05) is 6.07 Å². The molecule has 1 aromatic heterocycles. The Labute approximate surface area is 141 Å². The number of hydrogen-bond donors (Lipinski definition) is 1. The van der Waals surface area contributed by atoms with Crippen molar-refractivity contribution >= 4 is 15.7 Å². The zero-order chi connectivity index (χ0) is 17.0. The third-order valence-corrected chi connectivity index (χ3v) is 6.18. The fourth-order valence-electron chi connectivity index (χ4n) is 3.02. The summed E-state index contributed by atoms with van der Waals surface area (Å²) in [6.45, 7) is 0.951. The van der Waals surface area contributed by atoms with Crippen LogP contribution in [0.1, 0.15) is 19.3 Å². The molecule has 0 bridgehead atoms. The van der Waals surface area contributed by atoms with Gasteiger partial charge < -0.3 is 14.8 Å². The fraction of sp³-hybridized carbons (Fsp3) is 0.625. The lowest BCUT2D eigenvalue weighted by molar-refractivity contribution is -0.128. The van der Waals surface area contributed by atoms with Gasteiger partial charge >= 0.3 is 0 Å². The third kappa shape index (κ3) is 4.45. The van der Waals surface area contributed by atoms with Crippen molar-refractivity contribution in [2.75, 3.05) is 24.7 Å². The minimum Gasteiger partial charge on any atom is -0.470 e. The van der Waals surface area contributed by atoms with Crippen molar-refractivity contribution in [1.82, 2.24) is 10.3 Å². The summed E-state index contributed by atoms with van der Waals surface area (Å²) in [5, 5.41) is 3.02. The first kappa shape index (κ1) is 17.2. The number of aromatic nitrogens is 1. The van der Waals surface area contributed by atoms with Gasteiger partial charge in [0.1, 0.15) is 15.9 Å². The van der Waals surface area contributed by atoms with E-state index in [0.29, 0.717) is 38.4 Å². The molecule has 2 saturated heterocycles. The molecular weight excluding hydrogens is 332 g/mol. The quantitative estimate of drug-likeness (QED) is 0.849. The van der Waals surface area contributed by atoms with Crippen LogP contribution in [0, 0.1) is 5.92 Å². The van der Waals surface area contributed by atoms with Crippen LogP contribution in [-0.4, -0.2) is 56.2 Å². The van der Waals surface area contributed by atoms with Crippen LogP contribution in [0.25, 0.3) is 0 Å². The van der Waals surface area contributed by atoms with Gasteiger partial charge in [0.05, 0.1) is 24.2 Å². The minimum absolute atomic E-state index is 0.0900. The highest BCUT2D eigenvalue weighted by Gasteiger charge is 2.33. The topological polar surface area (TPSA) is 94.6 Å². The normalized spacial score (nSPS) is 27.3. The standard InChI is InChI=1S/C16H22N2O5S/c19-16(12-5-9-24(20,21)10-6-12)18-13-4-8-22-11-14(13)23-15-3-1-2-7-17-15/h1-3,7,12-14H,4-6,8-11H2,(H,18,19)/t13-,14-/m1/s1. The Morgan fingerprint density at radius 2 is 2.04 bits per heavy atom. The van der Waals surface area contributed by atoms with Crippen LogP contribution >= 0.6 is 0 Å². The van der Waals surface area contributed by atoms with E-state index in [1.807, 2.05) is 6.07 Å². The van der Waals surface area contributed by atoms with Crippen LogP contribution in [-0.2, 0) is 19.4 Å². The van der Waals surface area contributed by atoms with E-state index in [2.05, 4.69) is 10.3 Å². The summed E-state index contributed by atoms with van der Waals surface area (Å²) in [5.74, 6) is 0.341. The summed E-state index contributed by atoms with van der Waals surface area (Å²) in [7, 11) is -2.97. The summed E-state index contributed by atoms with van der Waals surface area (Å²) >= 11 is 0. The lowest BCUT2D eigenvalue weighted by Gasteiger charge is -2.33. The van der Waals surface area contributed by atoms with E-state index in [4.69, 9.17) is 9.47 Å². The molecule has 2 aliphatic heterocycles. The Hall–Kier alpha value is -1.67. The Morgan fingerprint density at radius 3 is 2.75 bits per heavy atom. The predicted molar refractivity (Wildman–Crippen MR) is 87.4 cm³/mol. The smallest absolute Gasteiger partial charge is 0.223 e. The van der Waals surface area contributed by atoms with E-state index in [0.717, 1.165) is 0 Å². The number of nitrogens with zero attached hydrogens (tertiary/aromatic N) is 1. The van der Waals surface area contributed by atoms with Crippen LogP contribution in [0.3, 0.4) is 0 Å². The molecule has 1 amide bonds. The molecule has 0 spiro atoms. The predicted octanol–water partition coefficient (Wildman–Crippen LogP) is 0.559. The number of rotatable bonds is 4. The number of ether oxygens (including phenoxy) is 2. The number of nitrogens with one attached hydrogen (secondary N) is 1. The maximum Gasteiger partial charge on any atom is 0.223 e. The lowest BCUT2D eigenvalue weighted by Crippen LogP contribution is -2.53. The molecule has 0 saturated carbocycles. The van der Waals surface area contributed by atoms with E-state index >= 15 is 0 Å². The number of carbonyl (C=O) groups is 1. The van der Waals surface area contributed by atoms with Gasteiger partial charge in [0, 0.05) is 24.8 Å². The van der Waals surface area contributed by atoms with E-state index < -0.39 is 9.84 Å². The Balaban J connectivity index is 1.58. The molecular formula is C16H22N2O5S. The SMILES string of the molecule is O=C(N[C@@H]1CCOC[C@H]1Oc1ccccn1)C1CCS(=O)(=O)CC1. The highest BCUT2D eigenvalue weighted by Crippen LogP contribution is 2.21. The van der Waals surface area contributed by atoms with E-state index in [1.54, 1.807) is 18.3 Å². The summed E-state index contributed by atoms with van der Waals surface area (Å²) in [5.41, 5.74) is 0. The number of carbonyl (C=O) groups excluding carboxylic acids is 1. The van der Waals surface area contributed by atoms with E-state index in [-0.39, 0.29) is 35.5 Å². The molecule has 3 heterocycles. The van der Waals surface area contributed by atoms with Gasteiger partial charge in [-0.05, 0) is 25.3 Å². The van der Waals surface area contributed by atoms with Crippen molar-refractivity contribution in [1.29, 1.82) is 0 Å². The van der Waals surface area contributed by atoms with Crippen molar-refractivity contribution in [3.05, 3.63) is 24.4 Å². The molecule has 0 radical (unpaired) electrons. The largest absolute Gasteiger partial charge is 0.470 e. The summed E-state index contributed by atoms with van der Waals surface area (Å²) in [6.07, 6.45) is 2.79. The minimum atomic E-state index is -2.97. The van der Waals surface area contributed by atoms with Crippen molar-refractivity contribution in [2.24, 2.45) is 5.92 Å². The lowest BCUT2D eigenvalue weighted by atomic mass is 9.99. The molecule has 3 rings (SSSR count). The molecule has 0 aliphatic carbocycles. The molecule has 1 aromatic rings. The van der Waals surface area contributed by atoms with E-state index in [9.17, 15) is 13.2 Å². The Bertz CT molecular complexity index is 650. The van der Waals surface area contributed by atoms with Crippen LogP contribution in [0.5, 0.6) is 5.88 Å². The molecule has 8 heteroatoms. The van der Waals surface area contributed by atoms with Gasteiger partial charge in [-0.2, -0.15) is 0 Å².